The molecule has 0 N–H and O–H groups in total. The Labute approximate surface area is 153 Å². The second kappa shape index (κ2) is 7.70. The fourth-order valence-corrected chi connectivity index (χ4v) is 5.99. The monoisotopic (exact) mass is 342 g/mol. The summed E-state index contributed by atoms with van der Waals surface area (Å²) in [5, 5.41) is 0. The Morgan fingerprint density at radius 2 is 1.64 bits per heavy atom. The minimum absolute atomic E-state index is 0.555. The SMILES string of the molecule is CCOC1CCC2CC(C3CCc4cc(OC)ccc4C3)CCC2C1. The van der Waals surface area contributed by atoms with Gasteiger partial charge in [0.15, 0.2) is 0 Å². The molecule has 1 aromatic carbocycles. The van der Waals surface area contributed by atoms with E-state index in [0.29, 0.717) is 6.10 Å². The molecule has 5 atom stereocenters. The predicted octanol–water partition coefficient (Wildman–Crippen LogP) is 5.42. The maximum Gasteiger partial charge on any atom is 0.119 e. The number of fused-ring (bicyclic) bond motifs is 2. The highest BCUT2D eigenvalue weighted by atomic mass is 16.5. The molecule has 2 fully saturated rings. The lowest BCUT2D eigenvalue weighted by molar-refractivity contribution is -0.0192. The van der Waals surface area contributed by atoms with Crippen molar-refractivity contribution in [2.45, 2.75) is 70.8 Å². The predicted molar refractivity (Wildman–Crippen MR) is 102 cm³/mol. The molecule has 138 valence electrons. The first-order chi connectivity index (χ1) is 12.3. The first-order valence-corrected chi connectivity index (χ1v) is 10.5. The van der Waals surface area contributed by atoms with Crippen molar-refractivity contribution in [3.63, 3.8) is 0 Å². The van der Waals surface area contributed by atoms with Crippen LogP contribution in [0.2, 0.25) is 0 Å². The summed E-state index contributed by atoms with van der Waals surface area (Å²) in [5.74, 6) is 4.81. The van der Waals surface area contributed by atoms with Crippen molar-refractivity contribution in [2.75, 3.05) is 13.7 Å². The third kappa shape index (κ3) is 3.74. The molecule has 0 aromatic heterocycles. The van der Waals surface area contributed by atoms with E-state index < -0.39 is 0 Å². The molecule has 1 aromatic rings. The number of aryl methyl sites for hydroxylation is 1. The van der Waals surface area contributed by atoms with E-state index in [9.17, 15) is 0 Å². The second-order valence-corrected chi connectivity index (χ2v) is 8.62. The zero-order valence-electron chi connectivity index (χ0n) is 16.0. The van der Waals surface area contributed by atoms with Gasteiger partial charge in [-0.25, -0.2) is 0 Å². The molecule has 3 aliphatic carbocycles. The van der Waals surface area contributed by atoms with Crippen LogP contribution >= 0.6 is 0 Å². The van der Waals surface area contributed by atoms with Crippen LogP contribution in [0.25, 0.3) is 0 Å². The Balaban J connectivity index is 1.36. The third-order valence-electron chi connectivity index (χ3n) is 7.35. The van der Waals surface area contributed by atoms with Gasteiger partial charge in [-0.2, -0.15) is 0 Å². The first-order valence-electron chi connectivity index (χ1n) is 10.5. The van der Waals surface area contributed by atoms with E-state index in [0.717, 1.165) is 36.0 Å². The molecular formula is C23H34O2. The van der Waals surface area contributed by atoms with Crippen LogP contribution in [-0.2, 0) is 17.6 Å². The summed E-state index contributed by atoms with van der Waals surface area (Å²) in [6, 6.07) is 6.73. The Kier molecular flexibility index (Phi) is 5.36. The van der Waals surface area contributed by atoms with Crippen LogP contribution in [0.1, 0.15) is 63.0 Å². The molecule has 5 unspecified atom stereocenters. The minimum atomic E-state index is 0.555. The zero-order valence-corrected chi connectivity index (χ0v) is 16.0. The van der Waals surface area contributed by atoms with E-state index in [2.05, 4.69) is 25.1 Å². The minimum Gasteiger partial charge on any atom is -0.497 e. The van der Waals surface area contributed by atoms with Gasteiger partial charge in [-0.05, 0) is 112 Å². The lowest BCUT2D eigenvalue weighted by atomic mass is 9.62. The molecule has 4 rings (SSSR count). The Morgan fingerprint density at radius 3 is 2.44 bits per heavy atom. The highest BCUT2D eigenvalue weighted by molar-refractivity contribution is 5.37. The maximum atomic E-state index is 5.92. The van der Waals surface area contributed by atoms with E-state index in [1.165, 1.54) is 63.4 Å². The lowest BCUT2D eigenvalue weighted by Crippen LogP contribution is -2.37. The normalized spacial score (nSPS) is 34.9. The fraction of sp³-hybridized carbons (Fsp3) is 0.739. The van der Waals surface area contributed by atoms with Gasteiger partial charge in [0.25, 0.3) is 0 Å². The van der Waals surface area contributed by atoms with E-state index >= 15 is 0 Å². The summed E-state index contributed by atoms with van der Waals surface area (Å²) in [6.45, 7) is 3.02. The molecule has 2 nitrogen and oxygen atoms in total. The van der Waals surface area contributed by atoms with Crippen molar-refractivity contribution in [2.24, 2.45) is 23.7 Å². The highest BCUT2D eigenvalue weighted by Gasteiger charge is 2.38. The summed E-state index contributed by atoms with van der Waals surface area (Å²) < 4.78 is 11.3. The van der Waals surface area contributed by atoms with Gasteiger partial charge in [0.1, 0.15) is 5.75 Å². The fourth-order valence-electron chi connectivity index (χ4n) is 5.99. The van der Waals surface area contributed by atoms with Crippen molar-refractivity contribution in [1.29, 1.82) is 0 Å². The van der Waals surface area contributed by atoms with Gasteiger partial charge >= 0.3 is 0 Å². The van der Waals surface area contributed by atoms with Gasteiger partial charge in [0, 0.05) is 6.61 Å². The van der Waals surface area contributed by atoms with Crippen molar-refractivity contribution in [3.8, 4) is 5.75 Å². The van der Waals surface area contributed by atoms with Crippen LogP contribution in [0.15, 0.2) is 18.2 Å². The van der Waals surface area contributed by atoms with Crippen LogP contribution in [0.3, 0.4) is 0 Å². The van der Waals surface area contributed by atoms with Crippen LogP contribution in [-0.4, -0.2) is 19.8 Å². The molecule has 25 heavy (non-hydrogen) atoms. The van der Waals surface area contributed by atoms with Crippen LogP contribution in [0.5, 0.6) is 5.75 Å². The van der Waals surface area contributed by atoms with Crippen LogP contribution in [0, 0.1) is 23.7 Å². The largest absolute Gasteiger partial charge is 0.497 e. The van der Waals surface area contributed by atoms with Gasteiger partial charge < -0.3 is 9.47 Å². The van der Waals surface area contributed by atoms with Gasteiger partial charge in [0.2, 0.25) is 0 Å². The molecule has 0 bridgehead atoms. The summed E-state index contributed by atoms with van der Waals surface area (Å²) in [4.78, 5) is 0. The van der Waals surface area contributed by atoms with Crippen molar-refractivity contribution < 1.29 is 9.47 Å². The third-order valence-corrected chi connectivity index (χ3v) is 7.35. The summed E-state index contributed by atoms with van der Waals surface area (Å²) in [6.07, 6.45) is 12.9. The topological polar surface area (TPSA) is 18.5 Å². The molecule has 0 heterocycles. The number of benzene rings is 1. The molecule has 0 aliphatic heterocycles. The van der Waals surface area contributed by atoms with Gasteiger partial charge in [-0.3, -0.25) is 0 Å². The molecule has 0 saturated heterocycles. The highest BCUT2D eigenvalue weighted by Crippen LogP contribution is 2.47. The van der Waals surface area contributed by atoms with E-state index in [-0.39, 0.29) is 0 Å². The van der Waals surface area contributed by atoms with E-state index in [1.54, 1.807) is 12.7 Å². The van der Waals surface area contributed by atoms with Gasteiger partial charge in [0.05, 0.1) is 13.2 Å². The lowest BCUT2D eigenvalue weighted by Gasteiger charge is -2.44. The van der Waals surface area contributed by atoms with Crippen molar-refractivity contribution >= 4 is 0 Å². The number of hydrogen-bond donors (Lipinski definition) is 0. The summed E-state index contributed by atoms with van der Waals surface area (Å²) in [7, 11) is 1.77. The quantitative estimate of drug-likeness (QED) is 0.727. The van der Waals surface area contributed by atoms with Crippen LogP contribution < -0.4 is 4.74 Å². The standard InChI is InChI=1S/C23H34O2/c1-3-25-23-11-9-19-13-17(5-7-21(19)15-23)16-4-6-20-14-22(24-2)10-8-18(20)12-16/h8,10,14,16-17,19,21,23H,3-7,9,11-13,15H2,1-2H3. The molecule has 2 saturated carbocycles. The van der Waals surface area contributed by atoms with Crippen LogP contribution in [0.4, 0.5) is 0 Å². The molecule has 0 spiro atoms. The Hall–Kier alpha value is -1.02. The second-order valence-electron chi connectivity index (χ2n) is 8.62. The average molecular weight is 343 g/mol. The smallest absolute Gasteiger partial charge is 0.119 e. The molecular weight excluding hydrogens is 308 g/mol. The number of ether oxygens (including phenoxy) is 2. The van der Waals surface area contributed by atoms with E-state index in [1.807, 2.05) is 0 Å². The van der Waals surface area contributed by atoms with Crippen molar-refractivity contribution in [1.82, 2.24) is 0 Å². The van der Waals surface area contributed by atoms with Gasteiger partial charge in [-0.15, -0.1) is 0 Å². The Bertz CT molecular complexity index is 581. The molecule has 0 amide bonds. The van der Waals surface area contributed by atoms with Gasteiger partial charge in [-0.1, -0.05) is 6.07 Å². The molecule has 2 heteroatoms. The summed E-state index contributed by atoms with van der Waals surface area (Å²) in [5.41, 5.74) is 3.11. The number of hydrogen-bond acceptors (Lipinski definition) is 2. The zero-order chi connectivity index (χ0) is 17.2. The maximum absolute atomic E-state index is 5.92. The van der Waals surface area contributed by atoms with Crippen molar-refractivity contribution in [3.05, 3.63) is 29.3 Å². The average Bonchev–Trinajstić information content (AvgIpc) is 2.67. The number of rotatable bonds is 4. The first kappa shape index (κ1) is 17.4. The molecule has 3 aliphatic rings. The van der Waals surface area contributed by atoms with E-state index in [4.69, 9.17) is 9.47 Å². The molecule has 0 radical (unpaired) electrons. The Morgan fingerprint density at radius 1 is 0.880 bits per heavy atom. The number of methoxy groups -OCH3 is 1. The summed E-state index contributed by atoms with van der Waals surface area (Å²) >= 11 is 0.